The van der Waals surface area contributed by atoms with Gasteiger partial charge in [-0.25, -0.2) is 9.37 Å². The molecule has 0 saturated carbocycles. The average Bonchev–Trinajstić information content (AvgIpc) is 2.45. The van der Waals surface area contributed by atoms with Gasteiger partial charge in [0.25, 0.3) is 5.91 Å². The fraction of sp³-hybridized carbons (Fsp3) is 0.154. The summed E-state index contributed by atoms with van der Waals surface area (Å²) in [6, 6.07) is 6.06. The maximum absolute atomic E-state index is 13.0. The SMILES string of the molecule is CNc1cncc(C(=O)NCc2cccc(F)c2)n1. The molecule has 0 aliphatic carbocycles. The Bertz CT molecular complexity index is 588. The second kappa shape index (κ2) is 5.90. The van der Waals surface area contributed by atoms with Gasteiger partial charge in [0, 0.05) is 13.6 Å². The van der Waals surface area contributed by atoms with Crippen molar-refractivity contribution >= 4 is 11.7 Å². The Labute approximate surface area is 109 Å². The molecular formula is C13H13FN4O. The maximum atomic E-state index is 13.0. The number of halogens is 1. The van der Waals surface area contributed by atoms with Crippen LogP contribution in [0.2, 0.25) is 0 Å². The lowest BCUT2D eigenvalue weighted by atomic mass is 10.2. The van der Waals surface area contributed by atoms with E-state index in [1.807, 2.05) is 0 Å². The van der Waals surface area contributed by atoms with Gasteiger partial charge in [-0.2, -0.15) is 0 Å². The Hall–Kier alpha value is -2.50. The summed E-state index contributed by atoms with van der Waals surface area (Å²) in [7, 11) is 1.69. The molecule has 1 aromatic carbocycles. The van der Waals surface area contributed by atoms with Gasteiger partial charge in [0.05, 0.1) is 12.4 Å². The molecule has 6 heteroatoms. The normalized spacial score (nSPS) is 10.0. The zero-order valence-corrected chi connectivity index (χ0v) is 10.4. The third kappa shape index (κ3) is 3.48. The Kier molecular flexibility index (Phi) is 4.02. The Morgan fingerprint density at radius 2 is 2.21 bits per heavy atom. The molecule has 5 nitrogen and oxygen atoms in total. The highest BCUT2D eigenvalue weighted by molar-refractivity contribution is 5.92. The molecule has 0 aliphatic rings. The van der Waals surface area contributed by atoms with Gasteiger partial charge < -0.3 is 10.6 Å². The molecule has 2 aromatic rings. The quantitative estimate of drug-likeness (QED) is 0.876. The van der Waals surface area contributed by atoms with Crippen molar-refractivity contribution in [3.05, 3.63) is 53.7 Å². The number of carbonyl (C=O) groups is 1. The molecule has 98 valence electrons. The highest BCUT2D eigenvalue weighted by Crippen LogP contribution is 2.04. The molecule has 0 bridgehead atoms. The summed E-state index contributed by atoms with van der Waals surface area (Å²) in [5.74, 6) is -0.170. The number of anilines is 1. The summed E-state index contributed by atoms with van der Waals surface area (Å²) in [5, 5.41) is 5.46. The molecule has 0 radical (unpaired) electrons. The first kappa shape index (κ1) is 12.9. The van der Waals surface area contributed by atoms with E-state index in [0.29, 0.717) is 11.4 Å². The summed E-state index contributed by atoms with van der Waals surface area (Å²) < 4.78 is 13.0. The van der Waals surface area contributed by atoms with Crippen molar-refractivity contribution in [2.45, 2.75) is 6.54 Å². The van der Waals surface area contributed by atoms with Crippen LogP contribution in [0.1, 0.15) is 16.1 Å². The lowest BCUT2D eigenvalue weighted by molar-refractivity contribution is 0.0945. The topological polar surface area (TPSA) is 66.9 Å². The van der Waals surface area contributed by atoms with Crippen LogP contribution in [-0.4, -0.2) is 22.9 Å². The molecule has 0 aliphatic heterocycles. The lowest BCUT2D eigenvalue weighted by Gasteiger charge is -2.06. The van der Waals surface area contributed by atoms with Crippen molar-refractivity contribution in [1.29, 1.82) is 0 Å². The Balaban J connectivity index is 2.01. The zero-order valence-electron chi connectivity index (χ0n) is 10.4. The molecule has 0 atom stereocenters. The third-order valence-corrected chi connectivity index (χ3v) is 2.47. The van der Waals surface area contributed by atoms with Gasteiger partial charge in [-0.1, -0.05) is 12.1 Å². The van der Waals surface area contributed by atoms with Crippen LogP contribution in [0.4, 0.5) is 10.2 Å². The van der Waals surface area contributed by atoms with E-state index in [1.54, 1.807) is 19.2 Å². The van der Waals surface area contributed by atoms with Gasteiger partial charge in [-0.15, -0.1) is 0 Å². The van der Waals surface area contributed by atoms with Gasteiger partial charge >= 0.3 is 0 Å². The van der Waals surface area contributed by atoms with E-state index in [9.17, 15) is 9.18 Å². The number of benzene rings is 1. The minimum absolute atomic E-state index is 0.211. The maximum Gasteiger partial charge on any atom is 0.271 e. The number of aromatic nitrogens is 2. The van der Waals surface area contributed by atoms with Crippen LogP contribution in [-0.2, 0) is 6.54 Å². The highest BCUT2D eigenvalue weighted by atomic mass is 19.1. The summed E-state index contributed by atoms with van der Waals surface area (Å²) in [5.41, 5.74) is 0.898. The number of amides is 1. The van der Waals surface area contributed by atoms with E-state index in [0.717, 1.165) is 0 Å². The molecule has 0 fully saturated rings. The van der Waals surface area contributed by atoms with Gasteiger partial charge in [0.1, 0.15) is 17.3 Å². The van der Waals surface area contributed by atoms with Crippen molar-refractivity contribution in [3.63, 3.8) is 0 Å². The molecule has 0 spiro atoms. The van der Waals surface area contributed by atoms with Gasteiger partial charge in [-0.3, -0.25) is 9.78 Å². The van der Waals surface area contributed by atoms with Crippen molar-refractivity contribution in [2.75, 3.05) is 12.4 Å². The number of rotatable bonds is 4. The van der Waals surface area contributed by atoms with Crippen molar-refractivity contribution < 1.29 is 9.18 Å². The predicted molar refractivity (Wildman–Crippen MR) is 69.1 cm³/mol. The van der Waals surface area contributed by atoms with Crippen LogP contribution in [0.15, 0.2) is 36.7 Å². The van der Waals surface area contributed by atoms with E-state index in [1.165, 1.54) is 24.5 Å². The smallest absolute Gasteiger partial charge is 0.271 e. The number of nitrogens with zero attached hydrogens (tertiary/aromatic N) is 2. The third-order valence-electron chi connectivity index (χ3n) is 2.47. The molecule has 19 heavy (non-hydrogen) atoms. The number of hydrogen-bond acceptors (Lipinski definition) is 4. The van der Waals surface area contributed by atoms with Crippen LogP contribution in [0.3, 0.4) is 0 Å². The molecular weight excluding hydrogens is 247 g/mol. The van der Waals surface area contributed by atoms with E-state index in [2.05, 4.69) is 20.6 Å². The molecule has 1 heterocycles. The van der Waals surface area contributed by atoms with Crippen molar-refractivity contribution in [1.82, 2.24) is 15.3 Å². The monoisotopic (exact) mass is 260 g/mol. The van der Waals surface area contributed by atoms with E-state index >= 15 is 0 Å². The first-order chi connectivity index (χ1) is 9.19. The molecule has 2 rings (SSSR count). The zero-order chi connectivity index (χ0) is 13.7. The minimum Gasteiger partial charge on any atom is -0.372 e. The fourth-order valence-electron chi connectivity index (χ4n) is 1.52. The van der Waals surface area contributed by atoms with E-state index in [-0.39, 0.29) is 24.0 Å². The average molecular weight is 260 g/mol. The number of carbonyl (C=O) groups excluding carboxylic acids is 1. The first-order valence-corrected chi connectivity index (χ1v) is 5.71. The Morgan fingerprint density at radius 3 is 2.95 bits per heavy atom. The lowest BCUT2D eigenvalue weighted by Crippen LogP contribution is -2.24. The predicted octanol–water partition coefficient (Wildman–Crippen LogP) is 1.59. The number of nitrogens with one attached hydrogen (secondary N) is 2. The van der Waals surface area contributed by atoms with Crippen LogP contribution < -0.4 is 10.6 Å². The summed E-state index contributed by atoms with van der Waals surface area (Å²) >= 11 is 0. The fourth-order valence-corrected chi connectivity index (χ4v) is 1.52. The number of hydrogen-bond donors (Lipinski definition) is 2. The Morgan fingerprint density at radius 1 is 1.37 bits per heavy atom. The van der Waals surface area contributed by atoms with Gasteiger partial charge in [-0.05, 0) is 17.7 Å². The molecule has 0 saturated heterocycles. The van der Waals surface area contributed by atoms with E-state index in [4.69, 9.17) is 0 Å². The van der Waals surface area contributed by atoms with Crippen LogP contribution in [0, 0.1) is 5.82 Å². The minimum atomic E-state index is -0.353. The van der Waals surface area contributed by atoms with Gasteiger partial charge in [0.15, 0.2) is 0 Å². The van der Waals surface area contributed by atoms with E-state index < -0.39 is 0 Å². The molecule has 2 N–H and O–H groups in total. The highest BCUT2D eigenvalue weighted by Gasteiger charge is 2.08. The second-order valence-electron chi connectivity index (χ2n) is 3.85. The molecule has 1 amide bonds. The van der Waals surface area contributed by atoms with Crippen LogP contribution >= 0.6 is 0 Å². The standard InChI is InChI=1S/C13H13FN4O/c1-15-12-8-16-7-11(18-12)13(19)17-6-9-3-2-4-10(14)5-9/h2-5,7-8H,6H2,1H3,(H,15,18)(H,17,19). The first-order valence-electron chi connectivity index (χ1n) is 5.71. The van der Waals surface area contributed by atoms with Crippen LogP contribution in [0.5, 0.6) is 0 Å². The molecule has 1 aromatic heterocycles. The van der Waals surface area contributed by atoms with Crippen molar-refractivity contribution in [3.8, 4) is 0 Å². The summed E-state index contributed by atoms with van der Waals surface area (Å²) in [6.07, 6.45) is 2.89. The molecule has 0 unspecified atom stereocenters. The summed E-state index contributed by atoms with van der Waals surface area (Å²) in [4.78, 5) is 19.8. The van der Waals surface area contributed by atoms with Crippen LogP contribution in [0.25, 0.3) is 0 Å². The largest absolute Gasteiger partial charge is 0.372 e. The summed E-state index contributed by atoms with van der Waals surface area (Å²) in [6.45, 7) is 0.238. The second-order valence-corrected chi connectivity index (χ2v) is 3.85. The van der Waals surface area contributed by atoms with Gasteiger partial charge in [0.2, 0.25) is 0 Å². The van der Waals surface area contributed by atoms with Crippen molar-refractivity contribution in [2.24, 2.45) is 0 Å².